The van der Waals surface area contributed by atoms with Crippen LogP contribution in [0.25, 0.3) is 5.65 Å². The Hall–Kier alpha value is -0.940. The SMILES string of the molecule is Brc1ccn2c(CN3CCCC3)nnc2c1. The molecule has 0 unspecified atom stereocenters. The zero-order valence-electron chi connectivity index (χ0n) is 8.93. The topological polar surface area (TPSA) is 33.4 Å². The van der Waals surface area contributed by atoms with Crippen molar-refractivity contribution in [1.82, 2.24) is 19.5 Å². The lowest BCUT2D eigenvalue weighted by Crippen LogP contribution is -2.20. The minimum atomic E-state index is 0.906. The van der Waals surface area contributed by atoms with Crippen LogP contribution in [0.5, 0.6) is 0 Å². The Morgan fingerprint density at radius 3 is 2.88 bits per heavy atom. The van der Waals surface area contributed by atoms with Gasteiger partial charge in [0.1, 0.15) is 0 Å². The molecule has 2 aromatic heterocycles. The number of nitrogens with zero attached hydrogens (tertiary/aromatic N) is 4. The van der Waals surface area contributed by atoms with E-state index in [1.807, 2.05) is 18.3 Å². The molecule has 0 atom stereocenters. The summed E-state index contributed by atoms with van der Waals surface area (Å²) in [5.74, 6) is 1.03. The predicted octanol–water partition coefficient (Wildman–Crippen LogP) is 2.09. The van der Waals surface area contributed by atoms with E-state index in [-0.39, 0.29) is 0 Å². The van der Waals surface area contributed by atoms with Crippen molar-refractivity contribution in [2.45, 2.75) is 19.4 Å². The summed E-state index contributed by atoms with van der Waals surface area (Å²) < 4.78 is 3.10. The second kappa shape index (κ2) is 4.14. The highest BCUT2D eigenvalue weighted by molar-refractivity contribution is 9.10. The number of hydrogen-bond donors (Lipinski definition) is 0. The highest BCUT2D eigenvalue weighted by atomic mass is 79.9. The van der Waals surface area contributed by atoms with E-state index >= 15 is 0 Å². The van der Waals surface area contributed by atoms with Crippen molar-refractivity contribution in [3.8, 4) is 0 Å². The largest absolute Gasteiger partial charge is 0.296 e. The first-order valence-electron chi connectivity index (χ1n) is 5.54. The summed E-state index contributed by atoms with van der Waals surface area (Å²) in [7, 11) is 0. The van der Waals surface area contributed by atoms with E-state index in [4.69, 9.17) is 0 Å². The fraction of sp³-hybridized carbons (Fsp3) is 0.455. The molecule has 0 saturated carbocycles. The number of aromatic nitrogens is 3. The van der Waals surface area contributed by atoms with Gasteiger partial charge >= 0.3 is 0 Å². The van der Waals surface area contributed by atoms with Crippen LogP contribution in [0.15, 0.2) is 22.8 Å². The number of halogens is 1. The maximum Gasteiger partial charge on any atom is 0.161 e. The molecule has 16 heavy (non-hydrogen) atoms. The zero-order chi connectivity index (χ0) is 11.0. The highest BCUT2D eigenvalue weighted by Gasteiger charge is 2.15. The van der Waals surface area contributed by atoms with E-state index < -0.39 is 0 Å². The van der Waals surface area contributed by atoms with Crippen LogP contribution >= 0.6 is 15.9 Å². The van der Waals surface area contributed by atoms with Crippen molar-refractivity contribution in [3.05, 3.63) is 28.6 Å². The third kappa shape index (κ3) is 1.85. The summed E-state index contributed by atoms with van der Waals surface area (Å²) in [5.41, 5.74) is 0.906. The molecule has 0 aromatic carbocycles. The Bertz CT molecular complexity index is 502. The molecular weight excluding hydrogens is 268 g/mol. The van der Waals surface area contributed by atoms with Crippen LogP contribution in [-0.4, -0.2) is 32.6 Å². The van der Waals surface area contributed by atoms with Crippen molar-refractivity contribution in [3.63, 3.8) is 0 Å². The third-order valence-electron chi connectivity index (χ3n) is 3.01. The van der Waals surface area contributed by atoms with Gasteiger partial charge in [-0.1, -0.05) is 15.9 Å². The molecule has 0 radical (unpaired) electrons. The van der Waals surface area contributed by atoms with Crippen molar-refractivity contribution in [2.24, 2.45) is 0 Å². The number of rotatable bonds is 2. The predicted molar refractivity (Wildman–Crippen MR) is 65.2 cm³/mol. The molecule has 0 amide bonds. The molecule has 4 nitrogen and oxygen atoms in total. The second-order valence-electron chi connectivity index (χ2n) is 4.17. The standard InChI is InChI=1S/C11H13BrN4/c12-9-3-6-16-10(7-9)13-14-11(16)8-15-4-1-2-5-15/h3,6-7H,1-2,4-5,8H2. The van der Waals surface area contributed by atoms with Crippen LogP contribution in [0.4, 0.5) is 0 Å². The van der Waals surface area contributed by atoms with Crippen LogP contribution in [0.3, 0.4) is 0 Å². The molecule has 1 fully saturated rings. The minimum absolute atomic E-state index is 0.906. The number of likely N-dealkylation sites (tertiary alicyclic amines) is 1. The molecule has 1 saturated heterocycles. The lowest BCUT2D eigenvalue weighted by Gasteiger charge is -2.12. The first-order valence-corrected chi connectivity index (χ1v) is 6.34. The normalized spacial score (nSPS) is 17.3. The first kappa shape index (κ1) is 10.2. The molecule has 1 aliphatic heterocycles. The summed E-state index contributed by atoms with van der Waals surface area (Å²) >= 11 is 3.44. The highest BCUT2D eigenvalue weighted by Crippen LogP contribution is 2.15. The van der Waals surface area contributed by atoms with Gasteiger partial charge in [0.2, 0.25) is 0 Å². The number of pyridine rings is 1. The van der Waals surface area contributed by atoms with Gasteiger partial charge in [-0.15, -0.1) is 10.2 Å². The molecule has 0 aliphatic carbocycles. The maximum absolute atomic E-state index is 4.25. The summed E-state index contributed by atoms with van der Waals surface area (Å²) in [4.78, 5) is 2.43. The van der Waals surface area contributed by atoms with E-state index in [1.165, 1.54) is 25.9 Å². The number of hydrogen-bond acceptors (Lipinski definition) is 3. The van der Waals surface area contributed by atoms with Gasteiger partial charge in [-0.3, -0.25) is 9.30 Å². The Balaban J connectivity index is 1.91. The zero-order valence-corrected chi connectivity index (χ0v) is 10.5. The van der Waals surface area contributed by atoms with Gasteiger partial charge in [0, 0.05) is 10.7 Å². The van der Waals surface area contributed by atoms with Gasteiger partial charge in [0.25, 0.3) is 0 Å². The van der Waals surface area contributed by atoms with Gasteiger partial charge in [-0.2, -0.15) is 0 Å². The second-order valence-corrected chi connectivity index (χ2v) is 5.09. The maximum atomic E-state index is 4.25. The minimum Gasteiger partial charge on any atom is -0.296 e. The third-order valence-corrected chi connectivity index (χ3v) is 3.50. The van der Waals surface area contributed by atoms with Crippen LogP contribution in [0.2, 0.25) is 0 Å². The molecular formula is C11H13BrN4. The summed E-state index contributed by atoms with van der Waals surface area (Å²) in [6.45, 7) is 3.28. The van der Waals surface area contributed by atoms with Gasteiger partial charge < -0.3 is 0 Å². The van der Waals surface area contributed by atoms with E-state index in [9.17, 15) is 0 Å². The van der Waals surface area contributed by atoms with E-state index in [0.29, 0.717) is 0 Å². The monoisotopic (exact) mass is 280 g/mol. The van der Waals surface area contributed by atoms with Crippen LogP contribution in [0.1, 0.15) is 18.7 Å². The van der Waals surface area contributed by atoms with Crippen molar-refractivity contribution >= 4 is 21.6 Å². The molecule has 2 aromatic rings. The Labute approximate surface area is 102 Å². The fourth-order valence-electron chi connectivity index (χ4n) is 2.16. The number of fused-ring (bicyclic) bond motifs is 1. The average molecular weight is 281 g/mol. The van der Waals surface area contributed by atoms with Gasteiger partial charge in [0.15, 0.2) is 11.5 Å². The Kier molecular flexibility index (Phi) is 2.65. The van der Waals surface area contributed by atoms with Gasteiger partial charge in [-0.25, -0.2) is 0 Å². The van der Waals surface area contributed by atoms with E-state index in [0.717, 1.165) is 22.5 Å². The molecule has 0 bridgehead atoms. The van der Waals surface area contributed by atoms with Crippen molar-refractivity contribution < 1.29 is 0 Å². The van der Waals surface area contributed by atoms with Crippen LogP contribution < -0.4 is 0 Å². The Morgan fingerprint density at radius 2 is 2.06 bits per heavy atom. The summed E-state index contributed by atoms with van der Waals surface area (Å²) in [5, 5.41) is 8.43. The molecule has 3 heterocycles. The molecule has 3 rings (SSSR count). The molecule has 5 heteroatoms. The summed E-state index contributed by atoms with van der Waals surface area (Å²) in [6, 6.07) is 4.00. The smallest absolute Gasteiger partial charge is 0.161 e. The quantitative estimate of drug-likeness (QED) is 0.845. The van der Waals surface area contributed by atoms with Crippen LogP contribution in [0, 0.1) is 0 Å². The Morgan fingerprint density at radius 1 is 1.25 bits per heavy atom. The molecule has 0 spiro atoms. The molecule has 84 valence electrons. The lowest BCUT2D eigenvalue weighted by atomic mass is 10.4. The van der Waals surface area contributed by atoms with Crippen molar-refractivity contribution in [1.29, 1.82) is 0 Å². The van der Waals surface area contributed by atoms with Gasteiger partial charge in [-0.05, 0) is 38.1 Å². The average Bonchev–Trinajstić information content (AvgIpc) is 2.89. The fourth-order valence-corrected chi connectivity index (χ4v) is 2.49. The van der Waals surface area contributed by atoms with Gasteiger partial charge in [0.05, 0.1) is 6.54 Å². The van der Waals surface area contributed by atoms with Crippen LogP contribution in [-0.2, 0) is 6.54 Å². The first-order chi connectivity index (χ1) is 7.83. The van der Waals surface area contributed by atoms with E-state index in [2.05, 4.69) is 35.4 Å². The lowest BCUT2D eigenvalue weighted by molar-refractivity contribution is 0.321. The molecule has 1 aliphatic rings. The molecule has 0 N–H and O–H groups in total. The van der Waals surface area contributed by atoms with Crippen molar-refractivity contribution in [2.75, 3.05) is 13.1 Å². The summed E-state index contributed by atoms with van der Waals surface area (Å²) in [6.07, 6.45) is 4.63. The van der Waals surface area contributed by atoms with E-state index in [1.54, 1.807) is 0 Å².